The zero-order valence-electron chi connectivity index (χ0n) is 28.9. The van der Waals surface area contributed by atoms with Gasteiger partial charge in [0.1, 0.15) is 49.0 Å². The van der Waals surface area contributed by atoms with Crippen molar-refractivity contribution in [2.24, 2.45) is 22.7 Å². The summed E-state index contributed by atoms with van der Waals surface area (Å²) in [4.78, 5) is 24.8. The highest BCUT2D eigenvalue weighted by Gasteiger charge is 2.71. The number of carbonyl (C=O) groups excluding carboxylic acids is 1. The molecule has 1 aromatic rings. The Morgan fingerprint density at radius 2 is 1.55 bits per heavy atom. The van der Waals surface area contributed by atoms with Crippen LogP contribution in [-0.2, 0) is 23.7 Å². The van der Waals surface area contributed by atoms with Crippen LogP contribution in [-0.4, -0.2) is 132 Å². The molecule has 15 nitrogen and oxygen atoms in total. The Labute approximate surface area is 295 Å². The van der Waals surface area contributed by atoms with Gasteiger partial charge >= 0.3 is 5.63 Å². The number of aliphatic hydroxyl groups is 8. The highest BCUT2D eigenvalue weighted by atomic mass is 16.7. The lowest BCUT2D eigenvalue weighted by molar-refractivity contribution is -0.361. The molecule has 0 unspecified atom stereocenters. The first-order valence-corrected chi connectivity index (χ1v) is 18.3. The van der Waals surface area contributed by atoms with E-state index in [9.17, 15) is 50.4 Å². The average molecular weight is 725 g/mol. The summed E-state index contributed by atoms with van der Waals surface area (Å²) < 4.78 is 28.4. The van der Waals surface area contributed by atoms with Crippen molar-refractivity contribution in [3.63, 3.8) is 0 Å². The first-order chi connectivity index (χ1) is 24.1. The van der Waals surface area contributed by atoms with Crippen LogP contribution in [0.1, 0.15) is 83.1 Å². The summed E-state index contributed by atoms with van der Waals surface area (Å²) in [5.74, 6) is -0.509. The van der Waals surface area contributed by atoms with Crippen molar-refractivity contribution >= 4 is 6.29 Å². The molecule has 1 aromatic heterocycles. The maximum atomic E-state index is 13.2. The molecule has 0 radical (unpaired) electrons. The van der Waals surface area contributed by atoms with Crippen molar-refractivity contribution in [1.29, 1.82) is 0 Å². The third kappa shape index (κ3) is 5.70. The fraction of sp³-hybridized carbons (Fsp3) is 0.833. The van der Waals surface area contributed by atoms with Crippen LogP contribution in [0, 0.1) is 22.7 Å². The van der Waals surface area contributed by atoms with Crippen LogP contribution in [0.5, 0.6) is 0 Å². The second-order valence-electron chi connectivity index (χ2n) is 16.3. The molecule has 18 atom stereocenters. The Morgan fingerprint density at radius 3 is 2.24 bits per heavy atom. The fourth-order valence-electron chi connectivity index (χ4n) is 11.2. The molecular formula is C36H52O15. The molecule has 0 bridgehead atoms. The van der Waals surface area contributed by atoms with Crippen molar-refractivity contribution in [2.75, 3.05) is 6.61 Å². The number of aldehydes is 1. The van der Waals surface area contributed by atoms with E-state index in [4.69, 9.17) is 23.4 Å². The number of hydrogen-bond donors (Lipinski definition) is 8. The smallest absolute Gasteiger partial charge is 0.335 e. The Kier molecular flexibility index (Phi) is 9.89. The Hall–Kier alpha value is -1.86. The van der Waals surface area contributed by atoms with Gasteiger partial charge in [0.05, 0.1) is 41.7 Å². The van der Waals surface area contributed by atoms with Gasteiger partial charge in [-0.3, -0.25) is 0 Å². The van der Waals surface area contributed by atoms with Gasteiger partial charge in [-0.2, -0.15) is 0 Å². The topological polar surface area (TPSA) is 246 Å². The standard InChI is InChI=1S/C36H52O15/c1-17-30(51-32-28(43)26(41)25(40)23(14-37)50-32)27(42)29(44)31(48-17)49-19-5-10-34(16-38)21-6-9-33(2)20(18-3-4-24(39)47-15-18)8-12-36(33,46)22(21)7-11-35(34,45)13-19/h3-4,15-17,19-23,25-32,37,40-46H,5-14H2,1-2H3/t17-,19-,20+,21-,22-,23-,25-,26-,27-,28-,29-,30+,31+,32+,33+,34+,35+,36-/m0/s1. The van der Waals surface area contributed by atoms with Gasteiger partial charge in [-0.15, -0.1) is 0 Å². The van der Waals surface area contributed by atoms with E-state index in [0.717, 1.165) is 11.8 Å². The average Bonchev–Trinajstić information content (AvgIpc) is 3.39. The Balaban J connectivity index is 1.03. The molecule has 6 aliphatic rings. The van der Waals surface area contributed by atoms with Crippen LogP contribution >= 0.6 is 0 Å². The number of aliphatic hydroxyl groups excluding tert-OH is 6. The molecule has 15 heteroatoms. The van der Waals surface area contributed by atoms with E-state index in [-0.39, 0.29) is 30.6 Å². The van der Waals surface area contributed by atoms with Crippen molar-refractivity contribution in [1.82, 2.24) is 0 Å². The normalized spacial score (nSPS) is 52.7. The van der Waals surface area contributed by atoms with Gasteiger partial charge in [-0.25, -0.2) is 4.79 Å². The molecule has 6 fully saturated rings. The number of rotatable bonds is 7. The second-order valence-corrected chi connectivity index (χ2v) is 16.3. The zero-order chi connectivity index (χ0) is 36.7. The monoisotopic (exact) mass is 724 g/mol. The van der Waals surface area contributed by atoms with E-state index in [1.54, 1.807) is 13.0 Å². The summed E-state index contributed by atoms with van der Waals surface area (Å²) in [5, 5.41) is 87.1. The van der Waals surface area contributed by atoms with Crippen LogP contribution < -0.4 is 5.63 Å². The molecule has 0 amide bonds. The van der Waals surface area contributed by atoms with Crippen molar-refractivity contribution < 1.29 is 69.0 Å². The van der Waals surface area contributed by atoms with Gasteiger partial charge in [0.15, 0.2) is 12.6 Å². The minimum Gasteiger partial charge on any atom is -0.431 e. The van der Waals surface area contributed by atoms with E-state index in [1.165, 1.54) is 12.3 Å². The van der Waals surface area contributed by atoms with Gasteiger partial charge in [0.25, 0.3) is 0 Å². The molecule has 4 saturated carbocycles. The maximum Gasteiger partial charge on any atom is 0.335 e. The highest BCUT2D eigenvalue weighted by molar-refractivity contribution is 5.64. The maximum absolute atomic E-state index is 13.2. The third-order valence-electron chi connectivity index (χ3n) is 14.1. The number of ether oxygens (including phenoxy) is 4. The second kappa shape index (κ2) is 13.5. The summed E-state index contributed by atoms with van der Waals surface area (Å²) in [6.07, 6.45) is -8.77. The van der Waals surface area contributed by atoms with Gasteiger partial charge in [0.2, 0.25) is 0 Å². The summed E-state index contributed by atoms with van der Waals surface area (Å²) >= 11 is 0. The lowest BCUT2D eigenvalue weighted by Gasteiger charge is -2.65. The van der Waals surface area contributed by atoms with Crippen LogP contribution in [0.3, 0.4) is 0 Å². The summed E-state index contributed by atoms with van der Waals surface area (Å²) in [6.45, 7) is 2.98. The quantitative estimate of drug-likeness (QED) is 0.127. The van der Waals surface area contributed by atoms with Crippen molar-refractivity contribution in [3.8, 4) is 0 Å². The van der Waals surface area contributed by atoms with E-state index < -0.39 is 102 Å². The molecule has 286 valence electrons. The summed E-state index contributed by atoms with van der Waals surface area (Å²) in [5.41, 5.74) is -3.71. The van der Waals surface area contributed by atoms with Gasteiger partial charge < -0.3 is 69.0 Å². The first-order valence-electron chi connectivity index (χ1n) is 18.3. The largest absolute Gasteiger partial charge is 0.431 e. The molecule has 7 rings (SSSR count). The van der Waals surface area contributed by atoms with Crippen LogP contribution in [0.4, 0.5) is 0 Å². The predicted molar refractivity (Wildman–Crippen MR) is 173 cm³/mol. The molecule has 0 aromatic carbocycles. The van der Waals surface area contributed by atoms with E-state index in [2.05, 4.69) is 6.92 Å². The van der Waals surface area contributed by atoms with Crippen LogP contribution in [0.2, 0.25) is 0 Å². The molecule has 3 heterocycles. The van der Waals surface area contributed by atoms with E-state index in [1.807, 2.05) is 0 Å². The minimum atomic E-state index is -1.72. The minimum absolute atomic E-state index is 0.0215. The summed E-state index contributed by atoms with van der Waals surface area (Å²) in [6, 6.07) is 3.17. The molecule has 2 saturated heterocycles. The fourth-order valence-corrected chi connectivity index (χ4v) is 11.2. The highest BCUT2D eigenvalue weighted by Crippen LogP contribution is 2.71. The molecule has 8 N–H and O–H groups in total. The number of hydrogen-bond acceptors (Lipinski definition) is 15. The molecule has 4 aliphatic carbocycles. The Bertz CT molecular complexity index is 1470. The Morgan fingerprint density at radius 1 is 0.843 bits per heavy atom. The van der Waals surface area contributed by atoms with Crippen LogP contribution in [0.15, 0.2) is 27.6 Å². The van der Waals surface area contributed by atoms with Gasteiger partial charge in [-0.1, -0.05) is 6.92 Å². The summed E-state index contributed by atoms with van der Waals surface area (Å²) in [7, 11) is 0. The lowest BCUT2D eigenvalue weighted by Crippen LogP contribution is -2.69. The SMILES string of the molecule is C[C@@H]1O[C@H](O[C@H]2CC[C@@]3(C=O)[C@H]4CC[C@]5(C)[C@@H](c6ccc(=O)oc6)CC[C@]5(O)[C@H]4CC[C@@]3(O)C2)[C@@H](O)[C@H](O)[C@@H]1O[C@H]1O[C@@H](CO)[C@H](O)[C@H](O)[C@@H]1O. The third-order valence-corrected chi connectivity index (χ3v) is 14.1. The van der Waals surface area contributed by atoms with Crippen molar-refractivity contribution in [2.45, 2.75) is 156 Å². The van der Waals surface area contributed by atoms with Crippen molar-refractivity contribution in [3.05, 3.63) is 34.4 Å². The van der Waals surface area contributed by atoms with E-state index in [0.29, 0.717) is 44.9 Å². The zero-order valence-corrected chi connectivity index (χ0v) is 28.9. The lowest BCUT2D eigenvalue weighted by atomic mass is 9.41. The predicted octanol–water partition coefficient (Wildman–Crippen LogP) is -0.788. The number of carbonyl (C=O) groups is 1. The van der Waals surface area contributed by atoms with Crippen LogP contribution in [0.25, 0.3) is 0 Å². The van der Waals surface area contributed by atoms with Gasteiger partial charge in [0, 0.05) is 17.9 Å². The molecule has 2 aliphatic heterocycles. The van der Waals surface area contributed by atoms with E-state index >= 15 is 0 Å². The molecule has 51 heavy (non-hydrogen) atoms. The van der Waals surface area contributed by atoms with Gasteiger partial charge in [-0.05, 0) is 87.7 Å². The number of fused-ring (bicyclic) bond motifs is 5. The first kappa shape index (κ1) is 37.5. The molecular weight excluding hydrogens is 672 g/mol. The molecule has 0 spiro atoms.